The van der Waals surface area contributed by atoms with E-state index in [1.807, 2.05) is 30.2 Å². The van der Waals surface area contributed by atoms with Gasteiger partial charge in [-0.05, 0) is 41.7 Å². The van der Waals surface area contributed by atoms with Gasteiger partial charge >= 0.3 is 0 Å². The van der Waals surface area contributed by atoms with Gasteiger partial charge in [0.25, 0.3) is 0 Å². The second-order valence-electron chi connectivity index (χ2n) is 6.69. The lowest BCUT2D eigenvalue weighted by Gasteiger charge is -2.19. The van der Waals surface area contributed by atoms with Crippen molar-refractivity contribution in [2.75, 3.05) is 5.73 Å². The van der Waals surface area contributed by atoms with Crippen LogP contribution in [0.3, 0.4) is 0 Å². The first-order chi connectivity index (χ1) is 12.6. The Kier molecular flexibility index (Phi) is 3.99. The van der Waals surface area contributed by atoms with Crippen LogP contribution in [0.15, 0.2) is 48.5 Å². The van der Waals surface area contributed by atoms with E-state index in [1.165, 1.54) is 5.56 Å². The number of hydrogen-bond donors (Lipinski definition) is 2. The number of nitrogens with zero attached hydrogens (tertiary/aromatic N) is 3. The molecule has 0 fully saturated rings. The molecule has 0 amide bonds. The summed E-state index contributed by atoms with van der Waals surface area (Å²) in [6.07, 6.45) is 9.84. The van der Waals surface area contributed by atoms with Crippen LogP contribution in [0.5, 0.6) is 0 Å². The molecule has 0 unspecified atom stereocenters. The standard InChI is InChI=1S/C21H22N4O/c1-3-17-18(14-4-5-15-12-25(2)24-19(15)10-14)11-23-21(22)20(17)13-6-8-16(26)9-7-13/h4-6,8,10-12,26H,3,7,9H2,1-2H3,(H2,22,23). The van der Waals surface area contributed by atoms with Gasteiger partial charge in [-0.15, -0.1) is 0 Å². The topological polar surface area (TPSA) is 77.0 Å². The van der Waals surface area contributed by atoms with E-state index in [2.05, 4.69) is 35.2 Å². The summed E-state index contributed by atoms with van der Waals surface area (Å²) in [4.78, 5) is 4.47. The zero-order valence-corrected chi connectivity index (χ0v) is 15.0. The highest BCUT2D eigenvalue weighted by Gasteiger charge is 2.18. The second-order valence-corrected chi connectivity index (χ2v) is 6.69. The summed E-state index contributed by atoms with van der Waals surface area (Å²) in [7, 11) is 1.93. The van der Waals surface area contributed by atoms with Crippen LogP contribution in [0, 0.1) is 0 Å². The SMILES string of the molecule is CCc1c(-c2ccc3cn(C)nc3c2)cnc(N)c1C1=CC=C(O)CC1. The number of rotatable bonds is 3. The van der Waals surface area contributed by atoms with Gasteiger partial charge in [0.15, 0.2) is 0 Å². The van der Waals surface area contributed by atoms with Crippen LogP contribution in [0.1, 0.15) is 30.9 Å². The second kappa shape index (κ2) is 6.33. The maximum atomic E-state index is 9.67. The molecule has 2 heterocycles. The van der Waals surface area contributed by atoms with Gasteiger partial charge in [0.1, 0.15) is 5.82 Å². The van der Waals surface area contributed by atoms with Gasteiger partial charge in [0.05, 0.1) is 11.3 Å². The number of aliphatic hydroxyl groups is 1. The number of benzene rings is 1. The molecule has 0 saturated carbocycles. The largest absolute Gasteiger partial charge is 0.512 e. The van der Waals surface area contributed by atoms with Crippen molar-refractivity contribution < 1.29 is 5.11 Å². The Labute approximate surface area is 152 Å². The van der Waals surface area contributed by atoms with Crippen LogP contribution < -0.4 is 5.73 Å². The molecule has 0 aliphatic heterocycles. The number of hydrogen-bond acceptors (Lipinski definition) is 4. The molecule has 4 rings (SSSR count). The maximum Gasteiger partial charge on any atom is 0.131 e. The molecule has 26 heavy (non-hydrogen) atoms. The smallest absolute Gasteiger partial charge is 0.131 e. The molecule has 132 valence electrons. The van der Waals surface area contributed by atoms with E-state index in [4.69, 9.17) is 5.73 Å². The van der Waals surface area contributed by atoms with E-state index in [0.29, 0.717) is 18.0 Å². The summed E-state index contributed by atoms with van der Waals surface area (Å²) in [5.41, 5.74) is 12.7. The van der Waals surface area contributed by atoms with Crippen molar-refractivity contribution in [2.45, 2.75) is 26.2 Å². The molecule has 1 aromatic carbocycles. The minimum absolute atomic E-state index is 0.412. The molecule has 0 bridgehead atoms. The fourth-order valence-electron chi connectivity index (χ4n) is 3.68. The van der Waals surface area contributed by atoms with Crippen LogP contribution in [0.4, 0.5) is 5.82 Å². The predicted molar refractivity (Wildman–Crippen MR) is 106 cm³/mol. The molecule has 0 radical (unpaired) electrons. The maximum absolute atomic E-state index is 9.67. The third-order valence-electron chi connectivity index (χ3n) is 4.95. The van der Waals surface area contributed by atoms with Gasteiger partial charge < -0.3 is 10.8 Å². The number of anilines is 1. The zero-order valence-electron chi connectivity index (χ0n) is 15.0. The fourth-order valence-corrected chi connectivity index (χ4v) is 3.68. The summed E-state index contributed by atoms with van der Waals surface area (Å²) < 4.78 is 1.83. The van der Waals surface area contributed by atoms with Crippen molar-refractivity contribution >= 4 is 22.3 Å². The molecular weight excluding hydrogens is 324 g/mol. The molecule has 5 nitrogen and oxygen atoms in total. The highest BCUT2D eigenvalue weighted by atomic mass is 16.3. The monoisotopic (exact) mass is 346 g/mol. The van der Waals surface area contributed by atoms with Gasteiger partial charge in [-0.2, -0.15) is 5.10 Å². The van der Waals surface area contributed by atoms with Gasteiger partial charge in [-0.1, -0.05) is 25.1 Å². The van der Waals surface area contributed by atoms with Crippen LogP contribution in [0.2, 0.25) is 0 Å². The lowest BCUT2D eigenvalue weighted by Crippen LogP contribution is -2.06. The van der Waals surface area contributed by atoms with Crippen molar-refractivity contribution in [2.24, 2.45) is 7.05 Å². The first-order valence-corrected chi connectivity index (χ1v) is 8.87. The van der Waals surface area contributed by atoms with E-state index in [9.17, 15) is 5.11 Å². The van der Waals surface area contributed by atoms with Crippen LogP contribution in [-0.2, 0) is 13.5 Å². The molecule has 0 saturated heterocycles. The number of pyridine rings is 1. The third-order valence-corrected chi connectivity index (χ3v) is 4.95. The Bertz CT molecular complexity index is 1060. The van der Waals surface area contributed by atoms with Crippen molar-refractivity contribution in [3.63, 3.8) is 0 Å². The van der Waals surface area contributed by atoms with Crippen LogP contribution in [0.25, 0.3) is 27.6 Å². The number of aryl methyl sites for hydroxylation is 1. The molecule has 2 aromatic heterocycles. The molecule has 0 atom stereocenters. The Morgan fingerprint density at radius 2 is 2.08 bits per heavy atom. The Morgan fingerprint density at radius 1 is 1.23 bits per heavy atom. The van der Waals surface area contributed by atoms with E-state index < -0.39 is 0 Å². The van der Waals surface area contributed by atoms with Gasteiger partial charge in [0.2, 0.25) is 0 Å². The van der Waals surface area contributed by atoms with E-state index in [1.54, 1.807) is 6.08 Å². The summed E-state index contributed by atoms with van der Waals surface area (Å²) in [5.74, 6) is 0.959. The minimum atomic E-state index is 0.412. The summed E-state index contributed by atoms with van der Waals surface area (Å²) >= 11 is 0. The zero-order chi connectivity index (χ0) is 18.3. The minimum Gasteiger partial charge on any atom is -0.512 e. The molecule has 5 heteroatoms. The fraction of sp³-hybridized carbons (Fsp3) is 0.238. The Morgan fingerprint density at radius 3 is 2.81 bits per heavy atom. The van der Waals surface area contributed by atoms with Crippen molar-refractivity contribution in [3.05, 3.63) is 59.6 Å². The van der Waals surface area contributed by atoms with Crippen LogP contribution in [-0.4, -0.2) is 19.9 Å². The van der Waals surface area contributed by atoms with Crippen molar-refractivity contribution in [1.29, 1.82) is 0 Å². The van der Waals surface area contributed by atoms with Gasteiger partial charge in [-0.25, -0.2) is 4.98 Å². The number of allylic oxidation sites excluding steroid dienone is 4. The Balaban J connectivity index is 1.90. The summed E-state index contributed by atoms with van der Waals surface area (Å²) in [6.45, 7) is 2.14. The summed E-state index contributed by atoms with van der Waals surface area (Å²) in [5, 5.41) is 15.3. The molecule has 3 aromatic rings. The van der Waals surface area contributed by atoms with Crippen molar-refractivity contribution in [1.82, 2.24) is 14.8 Å². The molecule has 0 spiro atoms. The molecular formula is C21H22N4O. The average Bonchev–Trinajstić information content (AvgIpc) is 3.01. The highest BCUT2D eigenvalue weighted by molar-refractivity contribution is 5.87. The Hall–Kier alpha value is -3.08. The lowest BCUT2D eigenvalue weighted by molar-refractivity contribution is 0.388. The third kappa shape index (κ3) is 2.75. The number of fused-ring (bicyclic) bond motifs is 1. The van der Waals surface area contributed by atoms with Crippen LogP contribution >= 0.6 is 0 Å². The van der Waals surface area contributed by atoms with Gasteiger partial charge in [-0.3, -0.25) is 4.68 Å². The van der Waals surface area contributed by atoms with Gasteiger partial charge in [0, 0.05) is 42.4 Å². The normalized spacial score (nSPS) is 14.4. The lowest BCUT2D eigenvalue weighted by atomic mass is 9.88. The van der Waals surface area contributed by atoms with E-state index >= 15 is 0 Å². The first kappa shape index (κ1) is 16.4. The average molecular weight is 346 g/mol. The number of aromatic nitrogens is 3. The first-order valence-electron chi connectivity index (χ1n) is 8.87. The summed E-state index contributed by atoms with van der Waals surface area (Å²) in [6, 6.07) is 6.31. The molecule has 1 aliphatic carbocycles. The van der Waals surface area contributed by atoms with Crippen molar-refractivity contribution in [3.8, 4) is 11.1 Å². The van der Waals surface area contributed by atoms with E-state index in [-0.39, 0.29) is 0 Å². The molecule has 3 N–H and O–H groups in total. The number of nitrogens with two attached hydrogens (primary N) is 1. The highest BCUT2D eigenvalue weighted by Crippen LogP contribution is 2.37. The number of aliphatic hydroxyl groups excluding tert-OH is 1. The quantitative estimate of drug-likeness (QED) is 0.737. The number of nitrogen functional groups attached to an aromatic ring is 1. The predicted octanol–water partition coefficient (Wildman–Crippen LogP) is 4.40. The van der Waals surface area contributed by atoms with E-state index in [0.717, 1.165) is 46.0 Å². The molecule has 1 aliphatic rings.